The predicted molar refractivity (Wildman–Crippen MR) is 69.5 cm³/mol. The summed E-state index contributed by atoms with van der Waals surface area (Å²) >= 11 is 1.64. The second-order valence-corrected chi connectivity index (χ2v) is 4.37. The lowest BCUT2D eigenvalue weighted by Crippen LogP contribution is -2.08. The molecule has 2 aromatic heterocycles. The summed E-state index contributed by atoms with van der Waals surface area (Å²) in [4.78, 5) is 8.44. The van der Waals surface area contributed by atoms with Crippen molar-refractivity contribution in [2.24, 2.45) is 0 Å². The summed E-state index contributed by atoms with van der Waals surface area (Å²) in [5.74, 6) is 1.21. The Balaban J connectivity index is 1.94. The Bertz CT molecular complexity index is 472. The zero-order valence-electron chi connectivity index (χ0n) is 9.51. The molecule has 6 heteroatoms. The topological polar surface area (TPSA) is 73.1 Å². The number of hydrogen-bond acceptors (Lipinski definition) is 6. The lowest BCUT2D eigenvalue weighted by Gasteiger charge is -2.08. The van der Waals surface area contributed by atoms with Crippen LogP contribution in [0, 0.1) is 0 Å². The lowest BCUT2D eigenvalue weighted by atomic mass is 10.3. The van der Waals surface area contributed by atoms with Gasteiger partial charge in [0.05, 0.1) is 17.8 Å². The van der Waals surface area contributed by atoms with Gasteiger partial charge in [0, 0.05) is 30.6 Å². The van der Waals surface area contributed by atoms with Crippen LogP contribution in [0.15, 0.2) is 23.7 Å². The van der Waals surface area contributed by atoms with Crippen LogP contribution in [-0.2, 0) is 6.42 Å². The van der Waals surface area contributed by atoms with Gasteiger partial charge in [-0.3, -0.25) is 0 Å². The van der Waals surface area contributed by atoms with Gasteiger partial charge in [0.25, 0.3) is 0 Å². The van der Waals surface area contributed by atoms with Gasteiger partial charge in [-0.05, 0) is 6.07 Å². The third kappa shape index (κ3) is 3.07. The molecule has 0 spiro atoms. The highest BCUT2D eigenvalue weighted by Crippen LogP contribution is 2.19. The molecule has 0 saturated heterocycles. The van der Waals surface area contributed by atoms with Crippen molar-refractivity contribution in [1.29, 1.82) is 0 Å². The van der Waals surface area contributed by atoms with Crippen LogP contribution >= 0.6 is 11.3 Å². The van der Waals surface area contributed by atoms with Crippen LogP contribution in [0.25, 0.3) is 0 Å². The number of methoxy groups -OCH3 is 1. The van der Waals surface area contributed by atoms with Gasteiger partial charge < -0.3 is 15.8 Å². The van der Waals surface area contributed by atoms with E-state index in [2.05, 4.69) is 15.3 Å². The molecule has 0 aliphatic rings. The maximum atomic E-state index is 5.81. The number of nitrogens with two attached hydrogens (primary N) is 1. The van der Waals surface area contributed by atoms with Crippen LogP contribution in [-0.4, -0.2) is 23.6 Å². The first-order chi connectivity index (χ1) is 8.29. The average molecular weight is 250 g/mol. The van der Waals surface area contributed by atoms with E-state index in [1.807, 2.05) is 5.38 Å². The average Bonchev–Trinajstić information content (AvgIpc) is 2.84. The third-order valence-corrected chi connectivity index (χ3v) is 3.06. The maximum absolute atomic E-state index is 5.81. The van der Waals surface area contributed by atoms with E-state index in [0.717, 1.165) is 18.0 Å². The molecule has 0 bridgehead atoms. The number of rotatable bonds is 5. The van der Waals surface area contributed by atoms with E-state index in [-0.39, 0.29) is 0 Å². The Morgan fingerprint density at radius 1 is 1.47 bits per heavy atom. The zero-order chi connectivity index (χ0) is 12.1. The number of ether oxygens (including phenoxy) is 1. The predicted octanol–water partition coefficient (Wildman–Crippen LogP) is 1.78. The maximum Gasteiger partial charge on any atom is 0.215 e. The van der Waals surface area contributed by atoms with Crippen molar-refractivity contribution in [2.45, 2.75) is 6.42 Å². The SMILES string of the molecule is COc1ccc(N)c(NCCc2nccs2)n1. The van der Waals surface area contributed by atoms with Crippen LogP contribution < -0.4 is 15.8 Å². The van der Waals surface area contributed by atoms with Crippen LogP contribution in [0.1, 0.15) is 5.01 Å². The molecule has 0 aliphatic carbocycles. The summed E-state index contributed by atoms with van der Waals surface area (Å²) in [6.45, 7) is 0.748. The van der Waals surface area contributed by atoms with Gasteiger partial charge in [-0.15, -0.1) is 11.3 Å². The molecule has 3 N–H and O–H groups in total. The molecule has 2 rings (SSSR count). The van der Waals surface area contributed by atoms with Gasteiger partial charge in [0.2, 0.25) is 5.88 Å². The molecule has 0 aromatic carbocycles. The first kappa shape index (κ1) is 11.7. The second kappa shape index (κ2) is 5.49. The minimum absolute atomic E-state index is 0.552. The van der Waals surface area contributed by atoms with Gasteiger partial charge in [0.15, 0.2) is 5.82 Å². The van der Waals surface area contributed by atoms with Crippen LogP contribution in [0.3, 0.4) is 0 Å². The lowest BCUT2D eigenvalue weighted by molar-refractivity contribution is 0.398. The van der Waals surface area contributed by atoms with Gasteiger partial charge in [-0.25, -0.2) is 4.98 Å². The number of thiazole rings is 1. The van der Waals surface area contributed by atoms with E-state index in [0.29, 0.717) is 17.4 Å². The van der Waals surface area contributed by atoms with Crippen molar-refractivity contribution in [3.8, 4) is 5.88 Å². The van der Waals surface area contributed by atoms with Crippen molar-refractivity contribution in [2.75, 3.05) is 24.7 Å². The fourth-order valence-electron chi connectivity index (χ4n) is 1.37. The van der Waals surface area contributed by atoms with Crippen LogP contribution in [0.4, 0.5) is 11.5 Å². The summed E-state index contributed by atoms with van der Waals surface area (Å²) in [6, 6.07) is 3.51. The highest BCUT2D eigenvalue weighted by Gasteiger charge is 2.03. The minimum Gasteiger partial charge on any atom is -0.481 e. The van der Waals surface area contributed by atoms with E-state index >= 15 is 0 Å². The molecule has 17 heavy (non-hydrogen) atoms. The first-order valence-corrected chi connectivity index (χ1v) is 6.10. The summed E-state index contributed by atoms with van der Waals surface area (Å²) in [6.07, 6.45) is 2.66. The van der Waals surface area contributed by atoms with E-state index in [1.54, 1.807) is 36.8 Å². The molecular formula is C11H14N4OS. The summed E-state index contributed by atoms with van der Waals surface area (Å²) in [5, 5.41) is 6.24. The molecule has 0 aliphatic heterocycles. The van der Waals surface area contributed by atoms with E-state index in [9.17, 15) is 0 Å². The van der Waals surface area contributed by atoms with Crippen molar-refractivity contribution in [1.82, 2.24) is 9.97 Å². The van der Waals surface area contributed by atoms with E-state index < -0.39 is 0 Å². The Morgan fingerprint density at radius 3 is 3.06 bits per heavy atom. The monoisotopic (exact) mass is 250 g/mol. The fraction of sp³-hybridized carbons (Fsp3) is 0.273. The molecule has 0 fully saturated rings. The quantitative estimate of drug-likeness (QED) is 0.846. The Labute approximate surface area is 104 Å². The fourth-order valence-corrected chi connectivity index (χ4v) is 1.99. The van der Waals surface area contributed by atoms with Crippen molar-refractivity contribution < 1.29 is 4.74 Å². The first-order valence-electron chi connectivity index (χ1n) is 5.22. The molecule has 2 aromatic rings. The molecule has 0 unspecified atom stereocenters. The number of pyridine rings is 1. The van der Waals surface area contributed by atoms with Crippen molar-refractivity contribution in [3.63, 3.8) is 0 Å². The number of nitrogens with one attached hydrogen (secondary N) is 1. The normalized spacial score (nSPS) is 10.2. The number of nitrogen functional groups attached to an aromatic ring is 1. The van der Waals surface area contributed by atoms with Crippen molar-refractivity contribution >= 4 is 22.8 Å². The molecule has 0 atom stereocenters. The van der Waals surface area contributed by atoms with Gasteiger partial charge in [-0.1, -0.05) is 0 Å². The van der Waals surface area contributed by atoms with Crippen LogP contribution in [0.5, 0.6) is 5.88 Å². The highest BCUT2D eigenvalue weighted by atomic mass is 32.1. The van der Waals surface area contributed by atoms with Crippen molar-refractivity contribution in [3.05, 3.63) is 28.7 Å². The van der Waals surface area contributed by atoms with E-state index in [1.165, 1.54) is 0 Å². The molecular weight excluding hydrogens is 236 g/mol. The molecule has 90 valence electrons. The van der Waals surface area contributed by atoms with Crippen LogP contribution in [0.2, 0.25) is 0 Å². The number of hydrogen-bond donors (Lipinski definition) is 2. The second-order valence-electron chi connectivity index (χ2n) is 3.39. The third-order valence-electron chi connectivity index (χ3n) is 2.22. The molecule has 2 heterocycles. The Hall–Kier alpha value is -1.82. The summed E-state index contributed by atoms with van der Waals surface area (Å²) < 4.78 is 5.05. The zero-order valence-corrected chi connectivity index (χ0v) is 10.3. The highest BCUT2D eigenvalue weighted by molar-refractivity contribution is 7.09. The standard InChI is InChI=1S/C11H14N4OS/c1-16-9-3-2-8(12)11(15-9)14-5-4-10-13-6-7-17-10/h2-3,6-7H,4-5,12H2,1H3,(H,14,15). The number of aromatic nitrogens is 2. The molecule has 0 saturated carbocycles. The van der Waals surface area contributed by atoms with E-state index in [4.69, 9.17) is 10.5 Å². The Kier molecular flexibility index (Phi) is 3.77. The smallest absolute Gasteiger partial charge is 0.215 e. The van der Waals surface area contributed by atoms with Gasteiger partial charge in [0.1, 0.15) is 0 Å². The number of nitrogens with zero attached hydrogens (tertiary/aromatic N) is 2. The summed E-state index contributed by atoms with van der Waals surface area (Å²) in [7, 11) is 1.58. The minimum atomic E-state index is 0.552. The summed E-state index contributed by atoms with van der Waals surface area (Å²) in [5.41, 5.74) is 6.43. The molecule has 5 nitrogen and oxygen atoms in total. The molecule has 0 radical (unpaired) electrons. The number of anilines is 2. The van der Waals surface area contributed by atoms with Gasteiger partial charge in [-0.2, -0.15) is 4.98 Å². The Morgan fingerprint density at radius 2 is 2.35 bits per heavy atom. The van der Waals surface area contributed by atoms with Gasteiger partial charge >= 0.3 is 0 Å². The molecule has 0 amide bonds. The largest absolute Gasteiger partial charge is 0.481 e.